The fourth-order valence-corrected chi connectivity index (χ4v) is 3.92. The minimum Gasteiger partial charge on any atom is -0.329 e. The Morgan fingerprint density at radius 3 is 2.45 bits per heavy atom. The van der Waals surface area contributed by atoms with Crippen LogP contribution >= 0.6 is 0 Å². The number of rotatable bonds is 4. The fraction of sp³-hybridized carbons (Fsp3) is 0.667. The second kappa shape index (κ2) is 6.28. The standard InChI is InChI=1S/C18H30N2/c1-14-6-5-7-18(11-14,13-19)20(4)12-17-9-15(2)8-16(3)10-17/h8-10,14H,5-7,11-13,19H2,1-4H3. The molecular formula is C18H30N2. The molecule has 20 heavy (non-hydrogen) atoms. The minimum absolute atomic E-state index is 0.204. The molecule has 0 heterocycles. The predicted molar refractivity (Wildman–Crippen MR) is 86.8 cm³/mol. The van der Waals surface area contributed by atoms with Gasteiger partial charge in [-0.2, -0.15) is 0 Å². The summed E-state index contributed by atoms with van der Waals surface area (Å²) in [6.07, 6.45) is 5.16. The van der Waals surface area contributed by atoms with Crippen LogP contribution in [0.5, 0.6) is 0 Å². The van der Waals surface area contributed by atoms with Crippen LogP contribution in [0.15, 0.2) is 18.2 Å². The van der Waals surface area contributed by atoms with E-state index in [1.807, 2.05) is 0 Å². The van der Waals surface area contributed by atoms with Crippen LogP contribution in [-0.2, 0) is 6.54 Å². The van der Waals surface area contributed by atoms with Crippen molar-refractivity contribution in [2.75, 3.05) is 13.6 Å². The fourth-order valence-electron chi connectivity index (χ4n) is 3.92. The van der Waals surface area contributed by atoms with E-state index in [0.717, 1.165) is 19.0 Å². The second-order valence-electron chi connectivity index (χ2n) is 6.98. The lowest BCUT2D eigenvalue weighted by atomic mass is 9.75. The molecule has 1 aliphatic rings. The Morgan fingerprint density at radius 1 is 1.25 bits per heavy atom. The van der Waals surface area contributed by atoms with Gasteiger partial charge in [0, 0.05) is 18.6 Å². The lowest BCUT2D eigenvalue weighted by Crippen LogP contribution is -2.54. The van der Waals surface area contributed by atoms with Gasteiger partial charge in [-0.3, -0.25) is 4.90 Å². The molecule has 1 aliphatic carbocycles. The van der Waals surface area contributed by atoms with E-state index in [4.69, 9.17) is 5.73 Å². The molecule has 1 saturated carbocycles. The highest BCUT2D eigenvalue weighted by Gasteiger charge is 2.37. The molecule has 2 atom stereocenters. The first kappa shape index (κ1) is 15.5. The van der Waals surface area contributed by atoms with Crippen molar-refractivity contribution in [1.29, 1.82) is 0 Å². The molecule has 2 unspecified atom stereocenters. The summed E-state index contributed by atoms with van der Waals surface area (Å²) in [4.78, 5) is 2.51. The molecule has 2 rings (SSSR count). The van der Waals surface area contributed by atoms with Gasteiger partial charge in [-0.05, 0) is 45.2 Å². The molecule has 2 N–H and O–H groups in total. The monoisotopic (exact) mass is 274 g/mol. The summed E-state index contributed by atoms with van der Waals surface area (Å²) in [5.41, 5.74) is 10.5. The lowest BCUT2D eigenvalue weighted by molar-refractivity contribution is 0.0554. The van der Waals surface area contributed by atoms with E-state index in [1.165, 1.54) is 42.4 Å². The summed E-state index contributed by atoms with van der Waals surface area (Å²) >= 11 is 0. The van der Waals surface area contributed by atoms with Gasteiger partial charge in [0.1, 0.15) is 0 Å². The zero-order chi connectivity index (χ0) is 14.8. The quantitative estimate of drug-likeness (QED) is 0.908. The zero-order valence-electron chi connectivity index (χ0n) is 13.6. The Labute approximate surface area is 124 Å². The van der Waals surface area contributed by atoms with Crippen LogP contribution < -0.4 is 5.73 Å². The van der Waals surface area contributed by atoms with Crippen molar-refractivity contribution in [3.05, 3.63) is 34.9 Å². The van der Waals surface area contributed by atoms with Crippen LogP contribution in [0.4, 0.5) is 0 Å². The van der Waals surface area contributed by atoms with Gasteiger partial charge in [0.15, 0.2) is 0 Å². The molecule has 0 bridgehead atoms. The Balaban J connectivity index is 2.14. The van der Waals surface area contributed by atoms with Gasteiger partial charge >= 0.3 is 0 Å². The number of benzene rings is 1. The van der Waals surface area contributed by atoms with Gasteiger partial charge in [0.2, 0.25) is 0 Å². The molecule has 1 aromatic rings. The number of likely N-dealkylation sites (N-methyl/N-ethyl adjacent to an activating group) is 1. The van der Waals surface area contributed by atoms with Crippen molar-refractivity contribution in [2.24, 2.45) is 11.7 Å². The van der Waals surface area contributed by atoms with Crippen LogP contribution in [0.1, 0.15) is 49.3 Å². The summed E-state index contributed by atoms with van der Waals surface area (Å²) in [5.74, 6) is 0.800. The summed E-state index contributed by atoms with van der Waals surface area (Å²) in [7, 11) is 2.25. The van der Waals surface area contributed by atoms with Crippen LogP contribution in [0.3, 0.4) is 0 Å². The maximum atomic E-state index is 6.17. The van der Waals surface area contributed by atoms with Gasteiger partial charge in [0.05, 0.1) is 0 Å². The third-order valence-electron chi connectivity index (χ3n) is 4.96. The highest BCUT2D eigenvalue weighted by Crippen LogP contribution is 2.36. The van der Waals surface area contributed by atoms with Crippen LogP contribution in [-0.4, -0.2) is 24.0 Å². The van der Waals surface area contributed by atoms with E-state index in [9.17, 15) is 0 Å². The zero-order valence-corrected chi connectivity index (χ0v) is 13.6. The molecular weight excluding hydrogens is 244 g/mol. The molecule has 1 fully saturated rings. The van der Waals surface area contributed by atoms with Gasteiger partial charge in [-0.25, -0.2) is 0 Å². The molecule has 0 aromatic heterocycles. The molecule has 1 aromatic carbocycles. The highest BCUT2D eigenvalue weighted by molar-refractivity contribution is 5.28. The Kier molecular flexibility index (Phi) is 4.87. The molecule has 0 aliphatic heterocycles. The van der Waals surface area contributed by atoms with Gasteiger partial charge in [0.25, 0.3) is 0 Å². The van der Waals surface area contributed by atoms with Crippen molar-refractivity contribution in [3.8, 4) is 0 Å². The normalized spacial score (nSPS) is 27.0. The summed E-state index contributed by atoms with van der Waals surface area (Å²) in [6.45, 7) is 8.51. The third kappa shape index (κ3) is 3.42. The molecule has 0 saturated heterocycles. The largest absolute Gasteiger partial charge is 0.329 e. The number of aryl methyl sites for hydroxylation is 2. The smallest absolute Gasteiger partial charge is 0.0334 e. The van der Waals surface area contributed by atoms with Crippen LogP contribution in [0, 0.1) is 19.8 Å². The van der Waals surface area contributed by atoms with Crippen molar-refractivity contribution >= 4 is 0 Å². The van der Waals surface area contributed by atoms with Gasteiger partial charge in [-0.15, -0.1) is 0 Å². The molecule has 2 heteroatoms. The first-order chi connectivity index (χ1) is 9.45. The first-order valence-corrected chi connectivity index (χ1v) is 7.94. The number of nitrogens with zero attached hydrogens (tertiary/aromatic N) is 1. The summed E-state index contributed by atoms with van der Waals surface area (Å²) < 4.78 is 0. The third-order valence-corrected chi connectivity index (χ3v) is 4.96. The molecule has 0 spiro atoms. The highest BCUT2D eigenvalue weighted by atomic mass is 15.2. The molecule has 0 radical (unpaired) electrons. The Bertz CT molecular complexity index is 434. The average molecular weight is 274 g/mol. The maximum absolute atomic E-state index is 6.17. The summed E-state index contributed by atoms with van der Waals surface area (Å²) in [5, 5.41) is 0. The average Bonchev–Trinajstić information content (AvgIpc) is 2.37. The number of nitrogens with two attached hydrogens (primary N) is 1. The minimum atomic E-state index is 0.204. The van der Waals surface area contributed by atoms with Crippen molar-refractivity contribution in [3.63, 3.8) is 0 Å². The van der Waals surface area contributed by atoms with Crippen molar-refractivity contribution < 1.29 is 0 Å². The SMILES string of the molecule is Cc1cc(C)cc(CN(C)C2(CN)CCCC(C)C2)c1. The first-order valence-electron chi connectivity index (χ1n) is 7.94. The van der Waals surface area contributed by atoms with E-state index in [1.54, 1.807) is 0 Å². The lowest BCUT2D eigenvalue weighted by Gasteiger charge is -2.46. The van der Waals surface area contributed by atoms with Crippen molar-refractivity contribution in [2.45, 2.75) is 58.5 Å². The second-order valence-corrected chi connectivity index (χ2v) is 6.98. The van der Waals surface area contributed by atoms with E-state index < -0.39 is 0 Å². The van der Waals surface area contributed by atoms with Crippen LogP contribution in [0.25, 0.3) is 0 Å². The van der Waals surface area contributed by atoms with Crippen molar-refractivity contribution in [1.82, 2.24) is 4.90 Å². The van der Waals surface area contributed by atoms with Gasteiger partial charge < -0.3 is 5.73 Å². The molecule has 2 nitrogen and oxygen atoms in total. The topological polar surface area (TPSA) is 29.3 Å². The Morgan fingerprint density at radius 2 is 1.90 bits per heavy atom. The molecule has 0 amide bonds. The molecule has 112 valence electrons. The Hall–Kier alpha value is -0.860. The predicted octanol–water partition coefficient (Wildman–Crippen LogP) is 3.64. The number of hydrogen-bond donors (Lipinski definition) is 1. The van der Waals surface area contributed by atoms with E-state index >= 15 is 0 Å². The van der Waals surface area contributed by atoms with E-state index in [2.05, 4.69) is 50.9 Å². The van der Waals surface area contributed by atoms with Gasteiger partial charge in [-0.1, -0.05) is 49.1 Å². The summed E-state index contributed by atoms with van der Waals surface area (Å²) in [6, 6.07) is 6.85. The van der Waals surface area contributed by atoms with Crippen LogP contribution in [0.2, 0.25) is 0 Å². The number of hydrogen-bond acceptors (Lipinski definition) is 2. The van der Waals surface area contributed by atoms with E-state index in [-0.39, 0.29) is 5.54 Å². The van der Waals surface area contributed by atoms with E-state index in [0.29, 0.717) is 0 Å². The maximum Gasteiger partial charge on any atom is 0.0334 e.